The van der Waals surface area contributed by atoms with E-state index in [0.29, 0.717) is 11.7 Å². The van der Waals surface area contributed by atoms with Crippen LogP contribution in [0.25, 0.3) is 0 Å². The van der Waals surface area contributed by atoms with Gasteiger partial charge in [-0.25, -0.2) is 4.98 Å². The molecule has 96 valence electrons. The Morgan fingerprint density at radius 3 is 2.71 bits per heavy atom. The number of nitrogens with two attached hydrogens (primary N) is 1. The van der Waals surface area contributed by atoms with E-state index in [9.17, 15) is 0 Å². The largest absolute Gasteiger partial charge is 0.383 e. The number of pyridine rings is 1. The van der Waals surface area contributed by atoms with Gasteiger partial charge in [0, 0.05) is 11.7 Å². The highest BCUT2D eigenvalue weighted by atomic mass is 14.9. The zero-order chi connectivity index (χ0) is 12.9. The number of anilines is 1. The van der Waals surface area contributed by atoms with Gasteiger partial charge in [0.05, 0.1) is 0 Å². The maximum atomic E-state index is 5.82. The Kier molecular flexibility index (Phi) is 4.94. The van der Waals surface area contributed by atoms with Crippen LogP contribution in [0.3, 0.4) is 0 Å². The fourth-order valence-electron chi connectivity index (χ4n) is 1.65. The molecule has 3 heteroatoms. The van der Waals surface area contributed by atoms with Crippen molar-refractivity contribution in [1.82, 2.24) is 10.3 Å². The molecule has 0 saturated heterocycles. The zero-order valence-electron chi connectivity index (χ0n) is 11.5. The summed E-state index contributed by atoms with van der Waals surface area (Å²) in [5.74, 6) is 1.32. The maximum Gasteiger partial charge on any atom is 0.126 e. The Morgan fingerprint density at radius 1 is 1.41 bits per heavy atom. The van der Waals surface area contributed by atoms with Gasteiger partial charge in [-0.3, -0.25) is 0 Å². The molecule has 1 rings (SSSR count). The minimum Gasteiger partial charge on any atom is -0.383 e. The number of hydrogen-bond acceptors (Lipinski definition) is 3. The number of hydrogen-bond donors (Lipinski definition) is 2. The van der Waals surface area contributed by atoms with Crippen molar-refractivity contribution in [3.63, 3.8) is 0 Å². The number of nitrogens with one attached hydrogen (secondary N) is 1. The molecule has 0 spiro atoms. The molecular weight excluding hydrogens is 210 g/mol. The third kappa shape index (κ3) is 5.68. The standard InChI is InChI=1S/C14H25N3/c1-11(10-17-14(2,3)4)7-8-12-6-5-9-16-13(12)15/h5-6,9,11,17H,7-8,10H2,1-4H3,(H2,15,16). The number of nitrogen functional groups attached to an aromatic ring is 1. The molecule has 0 aliphatic carbocycles. The monoisotopic (exact) mass is 235 g/mol. The second kappa shape index (κ2) is 6.01. The highest BCUT2D eigenvalue weighted by molar-refractivity contribution is 5.38. The van der Waals surface area contributed by atoms with Crippen LogP contribution in [0.4, 0.5) is 5.82 Å². The molecule has 0 aromatic carbocycles. The average molecular weight is 235 g/mol. The molecule has 3 N–H and O–H groups in total. The van der Waals surface area contributed by atoms with Gasteiger partial charge in [0.25, 0.3) is 0 Å². The van der Waals surface area contributed by atoms with E-state index >= 15 is 0 Å². The third-order valence-electron chi connectivity index (χ3n) is 2.81. The molecule has 0 aliphatic heterocycles. The van der Waals surface area contributed by atoms with Crippen molar-refractivity contribution >= 4 is 5.82 Å². The predicted molar refractivity (Wildman–Crippen MR) is 73.9 cm³/mol. The number of rotatable bonds is 5. The highest BCUT2D eigenvalue weighted by Crippen LogP contribution is 2.13. The van der Waals surface area contributed by atoms with Crippen molar-refractivity contribution in [2.75, 3.05) is 12.3 Å². The van der Waals surface area contributed by atoms with Crippen LogP contribution in [0.2, 0.25) is 0 Å². The first kappa shape index (κ1) is 14.0. The van der Waals surface area contributed by atoms with Gasteiger partial charge >= 0.3 is 0 Å². The lowest BCUT2D eigenvalue weighted by Crippen LogP contribution is -2.38. The van der Waals surface area contributed by atoms with Gasteiger partial charge in [0.15, 0.2) is 0 Å². The van der Waals surface area contributed by atoms with E-state index in [-0.39, 0.29) is 5.54 Å². The first-order valence-electron chi connectivity index (χ1n) is 6.33. The number of aryl methyl sites for hydroxylation is 1. The van der Waals surface area contributed by atoms with E-state index in [1.165, 1.54) is 0 Å². The summed E-state index contributed by atoms with van der Waals surface area (Å²) in [4.78, 5) is 4.10. The molecule has 0 fully saturated rings. The average Bonchev–Trinajstić information content (AvgIpc) is 2.24. The van der Waals surface area contributed by atoms with E-state index in [2.05, 4.69) is 44.1 Å². The number of aromatic nitrogens is 1. The summed E-state index contributed by atoms with van der Waals surface area (Å²) >= 11 is 0. The fraction of sp³-hybridized carbons (Fsp3) is 0.643. The minimum absolute atomic E-state index is 0.196. The third-order valence-corrected chi connectivity index (χ3v) is 2.81. The highest BCUT2D eigenvalue weighted by Gasteiger charge is 2.11. The van der Waals surface area contributed by atoms with Crippen molar-refractivity contribution in [3.8, 4) is 0 Å². The van der Waals surface area contributed by atoms with Crippen LogP contribution in [-0.4, -0.2) is 17.1 Å². The second-order valence-electron chi connectivity index (χ2n) is 5.82. The van der Waals surface area contributed by atoms with Crippen molar-refractivity contribution < 1.29 is 0 Å². The quantitative estimate of drug-likeness (QED) is 0.825. The van der Waals surface area contributed by atoms with Gasteiger partial charge in [-0.2, -0.15) is 0 Å². The van der Waals surface area contributed by atoms with E-state index < -0.39 is 0 Å². The molecule has 1 aromatic rings. The molecule has 1 aromatic heterocycles. The topological polar surface area (TPSA) is 50.9 Å². The second-order valence-corrected chi connectivity index (χ2v) is 5.82. The summed E-state index contributed by atoms with van der Waals surface area (Å²) in [6, 6.07) is 4.01. The smallest absolute Gasteiger partial charge is 0.126 e. The van der Waals surface area contributed by atoms with Crippen LogP contribution in [0.15, 0.2) is 18.3 Å². The van der Waals surface area contributed by atoms with Crippen molar-refractivity contribution in [2.45, 2.75) is 46.1 Å². The van der Waals surface area contributed by atoms with Crippen LogP contribution in [0.5, 0.6) is 0 Å². The van der Waals surface area contributed by atoms with Gasteiger partial charge in [-0.1, -0.05) is 13.0 Å². The molecule has 0 bridgehead atoms. The van der Waals surface area contributed by atoms with Crippen molar-refractivity contribution in [2.24, 2.45) is 5.92 Å². The van der Waals surface area contributed by atoms with Crippen LogP contribution in [0, 0.1) is 5.92 Å². The summed E-state index contributed by atoms with van der Waals surface area (Å²) in [5, 5.41) is 3.53. The Labute approximate surface area is 105 Å². The predicted octanol–water partition coefficient (Wildman–Crippen LogP) is 2.62. The van der Waals surface area contributed by atoms with Gasteiger partial charge in [0.2, 0.25) is 0 Å². The zero-order valence-corrected chi connectivity index (χ0v) is 11.5. The summed E-state index contributed by atoms with van der Waals surface area (Å²) in [5.41, 5.74) is 7.18. The SMILES string of the molecule is CC(CCc1cccnc1N)CNC(C)(C)C. The summed E-state index contributed by atoms with van der Waals surface area (Å²) in [6.07, 6.45) is 3.88. The molecule has 0 aliphatic rings. The molecular formula is C14H25N3. The van der Waals surface area contributed by atoms with E-state index in [1.54, 1.807) is 6.20 Å². The lowest BCUT2D eigenvalue weighted by molar-refractivity contribution is 0.372. The lowest BCUT2D eigenvalue weighted by Gasteiger charge is -2.23. The van der Waals surface area contributed by atoms with E-state index in [4.69, 9.17) is 5.73 Å². The molecule has 17 heavy (non-hydrogen) atoms. The Morgan fingerprint density at radius 2 is 2.12 bits per heavy atom. The summed E-state index contributed by atoms with van der Waals surface area (Å²) in [6.45, 7) is 9.89. The minimum atomic E-state index is 0.196. The Balaban J connectivity index is 2.34. The van der Waals surface area contributed by atoms with E-state index in [0.717, 1.165) is 24.9 Å². The van der Waals surface area contributed by atoms with Gasteiger partial charge < -0.3 is 11.1 Å². The molecule has 0 saturated carbocycles. The van der Waals surface area contributed by atoms with Crippen molar-refractivity contribution in [3.05, 3.63) is 23.9 Å². The normalized spacial score (nSPS) is 13.6. The number of nitrogens with zero attached hydrogens (tertiary/aromatic N) is 1. The first-order chi connectivity index (χ1) is 7.88. The van der Waals surface area contributed by atoms with Gasteiger partial charge in [-0.05, 0) is 57.7 Å². The maximum absolute atomic E-state index is 5.82. The fourth-order valence-corrected chi connectivity index (χ4v) is 1.65. The molecule has 1 heterocycles. The van der Waals surface area contributed by atoms with Gasteiger partial charge in [-0.15, -0.1) is 0 Å². The van der Waals surface area contributed by atoms with Gasteiger partial charge in [0.1, 0.15) is 5.82 Å². The van der Waals surface area contributed by atoms with Crippen LogP contribution in [-0.2, 0) is 6.42 Å². The molecule has 0 radical (unpaired) electrons. The summed E-state index contributed by atoms with van der Waals surface area (Å²) < 4.78 is 0. The summed E-state index contributed by atoms with van der Waals surface area (Å²) in [7, 11) is 0. The van der Waals surface area contributed by atoms with Crippen LogP contribution >= 0.6 is 0 Å². The Hall–Kier alpha value is -1.09. The molecule has 1 unspecified atom stereocenters. The van der Waals surface area contributed by atoms with E-state index in [1.807, 2.05) is 6.07 Å². The van der Waals surface area contributed by atoms with Crippen molar-refractivity contribution in [1.29, 1.82) is 0 Å². The molecule has 0 amide bonds. The first-order valence-corrected chi connectivity index (χ1v) is 6.33. The molecule has 3 nitrogen and oxygen atoms in total. The van der Waals surface area contributed by atoms with Crippen LogP contribution < -0.4 is 11.1 Å². The lowest BCUT2D eigenvalue weighted by atomic mass is 10.00. The molecule has 1 atom stereocenters. The van der Waals surface area contributed by atoms with Crippen LogP contribution in [0.1, 0.15) is 39.7 Å². The Bertz CT molecular complexity index is 342.